The van der Waals surface area contributed by atoms with Gasteiger partial charge in [-0.1, -0.05) is 0 Å². The van der Waals surface area contributed by atoms with Crippen molar-refractivity contribution in [3.8, 4) is 5.69 Å². The lowest BCUT2D eigenvalue weighted by atomic mass is 10.2. The van der Waals surface area contributed by atoms with E-state index in [-0.39, 0.29) is 16.3 Å². The third-order valence-electron chi connectivity index (χ3n) is 2.66. The van der Waals surface area contributed by atoms with Crippen molar-refractivity contribution in [2.75, 3.05) is 5.75 Å². The van der Waals surface area contributed by atoms with Crippen molar-refractivity contribution in [2.24, 2.45) is 0 Å². The predicted molar refractivity (Wildman–Crippen MR) is 68.9 cm³/mol. The van der Waals surface area contributed by atoms with Gasteiger partial charge in [-0.05, 0) is 24.6 Å². The zero-order valence-electron chi connectivity index (χ0n) is 11.4. The summed E-state index contributed by atoms with van der Waals surface area (Å²) in [5.41, 5.74) is -0.338. The van der Waals surface area contributed by atoms with Gasteiger partial charge >= 0.3 is 11.9 Å². The monoisotopic (exact) mass is 338 g/mol. The molecule has 2 rings (SSSR count). The maximum Gasteiger partial charge on any atom is 0.442 e. The molecule has 0 saturated carbocycles. The number of nitrogens with zero attached hydrogens (tertiary/aromatic N) is 2. The van der Waals surface area contributed by atoms with E-state index in [1.165, 1.54) is 13.8 Å². The molecule has 2 aromatic rings. The van der Waals surface area contributed by atoms with Crippen molar-refractivity contribution < 1.29 is 26.2 Å². The molecule has 1 aromatic carbocycles. The van der Waals surface area contributed by atoms with Crippen LogP contribution in [0, 0.1) is 19.7 Å². The highest BCUT2D eigenvalue weighted by Crippen LogP contribution is 2.25. The summed E-state index contributed by atoms with van der Waals surface area (Å²) in [4.78, 5) is 11.3. The molecule has 0 aliphatic heterocycles. The number of benzene rings is 1. The van der Waals surface area contributed by atoms with Gasteiger partial charge in [-0.25, -0.2) is 9.18 Å². The molecule has 1 aromatic heterocycles. The van der Waals surface area contributed by atoms with Crippen LogP contribution in [0.15, 0.2) is 26.2 Å². The van der Waals surface area contributed by atoms with Gasteiger partial charge in [-0.15, -0.1) is 5.10 Å². The smallest absolute Gasteiger partial charge is 0.392 e. The first-order chi connectivity index (χ1) is 10.1. The standard InChI is InChI=1S/C12H10F4N2O3S/c1-6-3-8(13)9(18-11(19)21-7(2)17-18)4-10(6)22(20)5-12(14,15)16/h3-4H,5H2,1-2H3. The lowest BCUT2D eigenvalue weighted by Crippen LogP contribution is -2.20. The van der Waals surface area contributed by atoms with Gasteiger partial charge in [0.25, 0.3) is 0 Å². The van der Waals surface area contributed by atoms with Crippen molar-refractivity contribution in [1.29, 1.82) is 0 Å². The van der Waals surface area contributed by atoms with Gasteiger partial charge in [0, 0.05) is 11.8 Å². The fourth-order valence-corrected chi connectivity index (χ4v) is 2.91. The highest BCUT2D eigenvalue weighted by Gasteiger charge is 2.32. The second-order valence-corrected chi connectivity index (χ2v) is 5.89. The quantitative estimate of drug-likeness (QED) is 0.805. The molecule has 5 nitrogen and oxygen atoms in total. The Bertz CT molecular complexity index is 795. The number of hydrogen-bond acceptors (Lipinski definition) is 4. The third kappa shape index (κ3) is 3.43. The number of rotatable bonds is 3. The number of alkyl halides is 3. The van der Waals surface area contributed by atoms with E-state index in [1.54, 1.807) is 0 Å². The van der Waals surface area contributed by atoms with E-state index >= 15 is 0 Å². The first kappa shape index (κ1) is 16.4. The summed E-state index contributed by atoms with van der Waals surface area (Å²) in [5, 5.41) is 3.62. The summed E-state index contributed by atoms with van der Waals surface area (Å²) in [6, 6.07) is 1.81. The van der Waals surface area contributed by atoms with Crippen LogP contribution in [-0.4, -0.2) is 25.9 Å². The van der Waals surface area contributed by atoms with Crippen LogP contribution in [0.1, 0.15) is 11.5 Å². The summed E-state index contributed by atoms with van der Waals surface area (Å²) >= 11 is 0. The molecular formula is C12H10F4N2O3S. The van der Waals surface area contributed by atoms with E-state index in [0.717, 1.165) is 12.1 Å². The maximum absolute atomic E-state index is 13.9. The van der Waals surface area contributed by atoms with E-state index in [2.05, 4.69) is 9.52 Å². The van der Waals surface area contributed by atoms with Crippen molar-refractivity contribution in [2.45, 2.75) is 24.9 Å². The molecule has 1 atom stereocenters. The molecule has 10 heteroatoms. The topological polar surface area (TPSA) is 65.1 Å². The predicted octanol–water partition coefficient (Wildman–Crippen LogP) is 2.25. The Morgan fingerprint density at radius 2 is 1.95 bits per heavy atom. The summed E-state index contributed by atoms with van der Waals surface area (Å²) in [6.45, 7) is 2.68. The SMILES string of the molecule is Cc1nn(-c2cc(S(=O)CC(F)(F)F)c(C)cc2F)c(=O)o1. The van der Waals surface area contributed by atoms with Crippen LogP contribution in [-0.2, 0) is 10.8 Å². The van der Waals surface area contributed by atoms with Gasteiger partial charge in [0.1, 0.15) is 17.3 Å². The molecule has 0 radical (unpaired) electrons. The molecule has 0 spiro atoms. The minimum Gasteiger partial charge on any atom is -0.392 e. The van der Waals surface area contributed by atoms with Gasteiger partial charge in [0.15, 0.2) is 0 Å². The summed E-state index contributed by atoms with van der Waals surface area (Å²) < 4.78 is 68.0. The number of aromatic nitrogens is 2. The average molecular weight is 338 g/mol. The second kappa shape index (κ2) is 5.67. The third-order valence-corrected chi connectivity index (χ3v) is 4.18. The number of hydrogen-bond donors (Lipinski definition) is 0. The molecule has 1 heterocycles. The van der Waals surface area contributed by atoms with E-state index < -0.39 is 40.0 Å². The number of aryl methyl sites for hydroxylation is 2. The molecular weight excluding hydrogens is 328 g/mol. The Labute approximate surface area is 124 Å². The minimum absolute atomic E-state index is 0.0389. The van der Waals surface area contributed by atoms with Crippen LogP contribution >= 0.6 is 0 Å². The van der Waals surface area contributed by atoms with Crippen molar-refractivity contribution in [3.05, 3.63) is 40.0 Å². The van der Waals surface area contributed by atoms with E-state index in [9.17, 15) is 26.6 Å². The Morgan fingerprint density at radius 3 is 2.45 bits per heavy atom. The van der Waals surface area contributed by atoms with E-state index in [1.807, 2.05) is 0 Å². The molecule has 22 heavy (non-hydrogen) atoms. The minimum atomic E-state index is -4.63. The zero-order chi connectivity index (χ0) is 16.7. The molecule has 0 amide bonds. The Kier molecular flexibility index (Phi) is 4.23. The van der Waals surface area contributed by atoms with Gasteiger partial charge in [0.05, 0.1) is 10.8 Å². The fraction of sp³-hybridized carbons (Fsp3) is 0.333. The van der Waals surface area contributed by atoms with Crippen LogP contribution in [0.5, 0.6) is 0 Å². The average Bonchev–Trinajstić information content (AvgIpc) is 2.66. The highest BCUT2D eigenvalue weighted by molar-refractivity contribution is 7.85. The molecule has 120 valence electrons. The molecule has 0 N–H and O–H groups in total. The van der Waals surface area contributed by atoms with Crippen LogP contribution in [0.25, 0.3) is 5.69 Å². The summed E-state index contributed by atoms with van der Waals surface area (Å²) in [5.74, 6) is -3.48. The van der Waals surface area contributed by atoms with Crippen LogP contribution < -0.4 is 5.76 Å². The summed E-state index contributed by atoms with van der Waals surface area (Å²) in [7, 11) is -2.42. The first-order valence-corrected chi connectivity index (χ1v) is 7.23. The van der Waals surface area contributed by atoms with Crippen molar-refractivity contribution >= 4 is 10.8 Å². The molecule has 0 aliphatic rings. The van der Waals surface area contributed by atoms with E-state index in [0.29, 0.717) is 4.68 Å². The maximum atomic E-state index is 13.9. The molecule has 0 aliphatic carbocycles. The van der Waals surface area contributed by atoms with Gasteiger partial charge in [0.2, 0.25) is 5.89 Å². The van der Waals surface area contributed by atoms with Crippen LogP contribution in [0.2, 0.25) is 0 Å². The van der Waals surface area contributed by atoms with Gasteiger partial charge in [-0.2, -0.15) is 17.9 Å². The molecule has 0 bridgehead atoms. The van der Waals surface area contributed by atoms with Crippen molar-refractivity contribution in [1.82, 2.24) is 9.78 Å². The lowest BCUT2D eigenvalue weighted by Gasteiger charge is -2.11. The van der Waals surface area contributed by atoms with Crippen LogP contribution in [0.4, 0.5) is 17.6 Å². The molecule has 0 fully saturated rings. The number of halogens is 4. The fourth-order valence-electron chi connectivity index (χ4n) is 1.80. The summed E-state index contributed by atoms with van der Waals surface area (Å²) in [6.07, 6.45) is -4.63. The largest absolute Gasteiger partial charge is 0.442 e. The Morgan fingerprint density at radius 1 is 1.32 bits per heavy atom. The second-order valence-electron chi connectivity index (χ2n) is 4.47. The lowest BCUT2D eigenvalue weighted by molar-refractivity contribution is -0.105. The van der Waals surface area contributed by atoms with Gasteiger partial charge < -0.3 is 4.42 Å². The zero-order valence-corrected chi connectivity index (χ0v) is 12.2. The molecule has 0 saturated heterocycles. The molecule has 1 unspecified atom stereocenters. The van der Waals surface area contributed by atoms with Gasteiger partial charge in [-0.3, -0.25) is 4.21 Å². The first-order valence-electron chi connectivity index (χ1n) is 5.91. The van der Waals surface area contributed by atoms with Crippen molar-refractivity contribution in [3.63, 3.8) is 0 Å². The highest BCUT2D eigenvalue weighted by atomic mass is 32.2. The van der Waals surface area contributed by atoms with Crippen LogP contribution in [0.3, 0.4) is 0 Å². The Balaban J connectivity index is 2.55. The normalized spacial score (nSPS) is 13.4. The Hall–Kier alpha value is -1.97. The van der Waals surface area contributed by atoms with E-state index in [4.69, 9.17) is 0 Å².